The third-order valence-corrected chi connectivity index (χ3v) is 2.09. The first-order valence-electron chi connectivity index (χ1n) is 4.32. The van der Waals surface area contributed by atoms with E-state index in [2.05, 4.69) is 0 Å². The molecule has 84 valence electrons. The van der Waals surface area contributed by atoms with E-state index in [1.54, 1.807) is 0 Å². The van der Waals surface area contributed by atoms with Gasteiger partial charge in [0.2, 0.25) is 0 Å². The van der Waals surface area contributed by atoms with E-state index in [1.807, 2.05) is 0 Å². The van der Waals surface area contributed by atoms with Gasteiger partial charge in [-0.2, -0.15) is 0 Å². The zero-order valence-electron chi connectivity index (χ0n) is 8.48. The fraction of sp³-hybridized carbons (Fsp3) is 0.400. The van der Waals surface area contributed by atoms with Gasteiger partial charge in [-0.05, 0) is 13.0 Å². The zero-order valence-corrected chi connectivity index (χ0v) is 8.48. The van der Waals surface area contributed by atoms with Crippen LogP contribution in [0.15, 0.2) is 12.1 Å². The minimum atomic E-state index is -1.51. The van der Waals surface area contributed by atoms with Crippen LogP contribution in [0.4, 0.5) is 13.2 Å². The summed E-state index contributed by atoms with van der Waals surface area (Å²) in [6, 6.07) is 1.96. The van der Waals surface area contributed by atoms with Crippen LogP contribution < -0.4 is 5.73 Å². The highest BCUT2D eigenvalue weighted by atomic mass is 19.2. The maximum atomic E-state index is 13.3. The minimum Gasteiger partial charge on any atom is -0.382 e. The lowest BCUT2D eigenvalue weighted by atomic mass is 9.93. The second-order valence-electron chi connectivity index (χ2n) is 3.57. The van der Waals surface area contributed by atoms with Gasteiger partial charge in [-0.3, -0.25) is 0 Å². The van der Waals surface area contributed by atoms with Gasteiger partial charge >= 0.3 is 0 Å². The first kappa shape index (κ1) is 12.0. The molecule has 15 heavy (non-hydrogen) atoms. The number of hydrogen-bond acceptors (Lipinski definition) is 2. The van der Waals surface area contributed by atoms with E-state index in [9.17, 15) is 13.2 Å². The minimum absolute atomic E-state index is 0.00892. The summed E-state index contributed by atoms with van der Waals surface area (Å²) in [5.74, 6) is -4.01. The smallest absolute Gasteiger partial charge is 0.194 e. The standard InChI is InChI=1S/C10H12F3NO/c1-10(14,5-15-2)6-3-4-7(11)9(13)8(6)12/h3-4H,5,14H2,1-2H3. The Bertz CT molecular complexity index is 366. The van der Waals surface area contributed by atoms with Crippen LogP contribution in [0.5, 0.6) is 0 Å². The van der Waals surface area contributed by atoms with Crippen LogP contribution in [0, 0.1) is 17.5 Å². The van der Waals surface area contributed by atoms with Crippen LogP contribution >= 0.6 is 0 Å². The van der Waals surface area contributed by atoms with Crippen molar-refractivity contribution in [1.82, 2.24) is 0 Å². The van der Waals surface area contributed by atoms with E-state index >= 15 is 0 Å². The van der Waals surface area contributed by atoms with Crippen LogP contribution in [0.2, 0.25) is 0 Å². The summed E-state index contributed by atoms with van der Waals surface area (Å²) >= 11 is 0. The number of hydrogen-bond donors (Lipinski definition) is 1. The van der Waals surface area contributed by atoms with Gasteiger partial charge in [0.25, 0.3) is 0 Å². The molecule has 1 rings (SSSR count). The molecule has 2 nitrogen and oxygen atoms in total. The lowest BCUT2D eigenvalue weighted by Gasteiger charge is -2.24. The Morgan fingerprint density at radius 3 is 2.40 bits per heavy atom. The van der Waals surface area contributed by atoms with Crippen molar-refractivity contribution in [2.75, 3.05) is 13.7 Å². The predicted molar refractivity (Wildman–Crippen MR) is 49.7 cm³/mol. The summed E-state index contributed by atoms with van der Waals surface area (Å²) in [5, 5.41) is 0. The number of methoxy groups -OCH3 is 1. The molecule has 5 heteroatoms. The van der Waals surface area contributed by atoms with Crippen molar-refractivity contribution in [3.8, 4) is 0 Å². The molecule has 1 aromatic carbocycles. The number of benzene rings is 1. The molecular weight excluding hydrogens is 207 g/mol. The fourth-order valence-electron chi connectivity index (χ4n) is 1.34. The SMILES string of the molecule is COCC(C)(N)c1ccc(F)c(F)c1F. The van der Waals surface area contributed by atoms with E-state index in [0.29, 0.717) is 0 Å². The first-order valence-corrected chi connectivity index (χ1v) is 4.32. The normalized spacial score (nSPS) is 15.1. The lowest BCUT2D eigenvalue weighted by molar-refractivity contribution is 0.138. The zero-order chi connectivity index (χ0) is 11.6. The third-order valence-electron chi connectivity index (χ3n) is 2.09. The quantitative estimate of drug-likeness (QED) is 0.788. The molecule has 0 bridgehead atoms. The van der Waals surface area contributed by atoms with E-state index in [4.69, 9.17) is 10.5 Å². The molecule has 0 aliphatic rings. The summed E-state index contributed by atoms with van der Waals surface area (Å²) in [6.07, 6.45) is 0. The molecule has 0 amide bonds. The van der Waals surface area contributed by atoms with Crippen molar-refractivity contribution >= 4 is 0 Å². The van der Waals surface area contributed by atoms with E-state index in [1.165, 1.54) is 14.0 Å². The average molecular weight is 219 g/mol. The average Bonchev–Trinajstić information content (AvgIpc) is 2.13. The second kappa shape index (κ2) is 4.20. The Hall–Kier alpha value is -1.07. The maximum Gasteiger partial charge on any atom is 0.194 e. The van der Waals surface area contributed by atoms with Gasteiger partial charge in [0.05, 0.1) is 12.1 Å². The van der Waals surface area contributed by atoms with Crippen molar-refractivity contribution in [1.29, 1.82) is 0 Å². The molecule has 2 N–H and O–H groups in total. The predicted octanol–water partition coefficient (Wildman–Crippen LogP) is 1.92. The number of ether oxygens (including phenoxy) is 1. The molecule has 0 fully saturated rings. The molecule has 0 aromatic heterocycles. The van der Waals surface area contributed by atoms with Gasteiger partial charge in [-0.25, -0.2) is 13.2 Å². The Balaban J connectivity index is 3.21. The molecule has 0 spiro atoms. The molecule has 1 unspecified atom stereocenters. The molecule has 0 saturated heterocycles. The van der Waals surface area contributed by atoms with Gasteiger partial charge in [-0.15, -0.1) is 0 Å². The highest BCUT2D eigenvalue weighted by Gasteiger charge is 2.27. The lowest BCUT2D eigenvalue weighted by Crippen LogP contribution is -2.39. The van der Waals surface area contributed by atoms with Crippen LogP contribution in [0.1, 0.15) is 12.5 Å². The molecule has 0 aliphatic heterocycles. The first-order chi connectivity index (χ1) is 6.90. The van der Waals surface area contributed by atoms with Crippen LogP contribution in [0.25, 0.3) is 0 Å². The largest absolute Gasteiger partial charge is 0.382 e. The Morgan fingerprint density at radius 2 is 1.87 bits per heavy atom. The Kier molecular flexibility index (Phi) is 3.36. The summed E-state index contributed by atoms with van der Waals surface area (Å²) in [5.41, 5.74) is 4.42. The summed E-state index contributed by atoms with van der Waals surface area (Å²) in [4.78, 5) is 0. The highest BCUT2D eigenvalue weighted by molar-refractivity contribution is 5.27. The molecule has 0 heterocycles. The summed E-state index contributed by atoms with van der Waals surface area (Å²) < 4.78 is 43.7. The molecule has 0 radical (unpaired) electrons. The van der Waals surface area contributed by atoms with Gasteiger partial charge in [0.1, 0.15) is 0 Å². The highest BCUT2D eigenvalue weighted by Crippen LogP contribution is 2.24. The van der Waals surface area contributed by atoms with E-state index in [0.717, 1.165) is 12.1 Å². The molecule has 1 atom stereocenters. The fourth-order valence-corrected chi connectivity index (χ4v) is 1.34. The molecule has 1 aromatic rings. The van der Waals surface area contributed by atoms with Crippen LogP contribution in [-0.4, -0.2) is 13.7 Å². The van der Waals surface area contributed by atoms with Gasteiger partial charge < -0.3 is 10.5 Å². The molecular formula is C10H12F3NO. The summed E-state index contributed by atoms with van der Waals surface area (Å²) in [6.45, 7) is 1.49. The maximum absolute atomic E-state index is 13.3. The third kappa shape index (κ3) is 2.30. The van der Waals surface area contributed by atoms with Crippen molar-refractivity contribution in [2.45, 2.75) is 12.5 Å². The van der Waals surface area contributed by atoms with Gasteiger partial charge in [0, 0.05) is 12.7 Å². The topological polar surface area (TPSA) is 35.2 Å². The molecule has 0 aliphatic carbocycles. The number of halogens is 3. The van der Waals surface area contributed by atoms with Crippen molar-refractivity contribution in [3.05, 3.63) is 35.1 Å². The van der Waals surface area contributed by atoms with E-state index in [-0.39, 0.29) is 12.2 Å². The number of rotatable bonds is 3. The monoisotopic (exact) mass is 219 g/mol. The van der Waals surface area contributed by atoms with E-state index < -0.39 is 23.0 Å². The van der Waals surface area contributed by atoms with Crippen molar-refractivity contribution < 1.29 is 17.9 Å². The van der Waals surface area contributed by atoms with Gasteiger partial charge in [-0.1, -0.05) is 6.07 Å². The Labute approximate surface area is 85.8 Å². The van der Waals surface area contributed by atoms with Crippen molar-refractivity contribution in [3.63, 3.8) is 0 Å². The summed E-state index contributed by atoms with van der Waals surface area (Å²) in [7, 11) is 1.39. The Morgan fingerprint density at radius 1 is 1.27 bits per heavy atom. The van der Waals surface area contributed by atoms with Crippen LogP contribution in [-0.2, 0) is 10.3 Å². The number of nitrogens with two attached hydrogens (primary N) is 1. The van der Waals surface area contributed by atoms with Crippen molar-refractivity contribution in [2.24, 2.45) is 5.73 Å². The van der Waals surface area contributed by atoms with Gasteiger partial charge in [0.15, 0.2) is 17.5 Å². The van der Waals surface area contributed by atoms with Crippen LogP contribution in [0.3, 0.4) is 0 Å². The second-order valence-corrected chi connectivity index (χ2v) is 3.57. The molecule has 0 saturated carbocycles.